The predicted molar refractivity (Wildman–Crippen MR) is 81.8 cm³/mol. The number of benzene rings is 1. The quantitative estimate of drug-likeness (QED) is 0.758. The summed E-state index contributed by atoms with van der Waals surface area (Å²) < 4.78 is 33.3. The summed E-state index contributed by atoms with van der Waals surface area (Å²) in [6.07, 6.45) is 1.58. The molecule has 2 aromatic rings. The summed E-state index contributed by atoms with van der Waals surface area (Å²) in [6, 6.07) is 3.19. The van der Waals surface area contributed by atoms with Crippen molar-refractivity contribution in [1.82, 2.24) is 9.55 Å². The van der Waals surface area contributed by atoms with Crippen molar-refractivity contribution in [3.8, 4) is 5.88 Å². The lowest BCUT2D eigenvalue weighted by Crippen LogP contribution is -2.24. The van der Waals surface area contributed by atoms with Crippen LogP contribution in [0.2, 0.25) is 0 Å². The van der Waals surface area contributed by atoms with E-state index in [4.69, 9.17) is 4.74 Å². The van der Waals surface area contributed by atoms with Crippen LogP contribution in [0.1, 0.15) is 11.4 Å². The van der Waals surface area contributed by atoms with Crippen molar-refractivity contribution in [2.75, 3.05) is 0 Å². The topological polar surface area (TPSA) is 44.1 Å². The lowest BCUT2D eigenvalue weighted by atomic mass is 10.2. The van der Waals surface area contributed by atoms with Gasteiger partial charge in [0.2, 0.25) is 5.88 Å². The van der Waals surface area contributed by atoms with E-state index in [9.17, 15) is 13.6 Å². The molecule has 2 rings (SSSR count). The summed E-state index contributed by atoms with van der Waals surface area (Å²) in [5, 5.41) is 0. The van der Waals surface area contributed by atoms with E-state index >= 15 is 0 Å². The summed E-state index contributed by atoms with van der Waals surface area (Å²) >= 11 is 3.13. The van der Waals surface area contributed by atoms with Gasteiger partial charge < -0.3 is 4.74 Å². The lowest BCUT2D eigenvalue weighted by Gasteiger charge is -2.12. The van der Waals surface area contributed by atoms with Crippen LogP contribution in [0.3, 0.4) is 0 Å². The maximum absolute atomic E-state index is 13.5. The van der Waals surface area contributed by atoms with Crippen molar-refractivity contribution in [1.29, 1.82) is 0 Å². The Morgan fingerprint density at radius 1 is 1.45 bits per heavy atom. The van der Waals surface area contributed by atoms with Gasteiger partial charge in [0, 0.05) is 18.2 Å². The normalized spacial score (nSPS) is 10.5. The summed E-state index contributed by atoms with van der Waals surface area (Å²) in [6.45, 7) is 5.39. The Morgan fingerprint density at radius 2 is 2.18 bits per heavy atom. The molecule has 0 saturated heterocycles. The molecule has 0 N–H and O–H groups in total. The molecule has 0 amide bonds. The van der Waals surface area contributed by atoms with Crippen molar-refractivity contribution < 1.29 is 13.5 Å². The molecule has 0 aliphatic carbocycles. The third-order valence-corrected chi connectivity index (χ3v) is 3.64. The van der Waals surface area contributed by atoms with Crippen LogP contribution in [0.25, 0.3) is 0 Å². The Morgan fingerprint density at radius 3 is 2.82 bits per heavy atom. The van der Waals surface area contributed by atoms with E-state index in [1.807, 2.05) is 0 Å². The average Bonchev–Trinajstić information content (AvgIpc) is 2.47. The molecule has 0 aliphatic heterocycles. The zero-order valence-electron chi connectivity index (χ0n) is 11.8. The monoisotopic (exact) mass is 370 g/mol. The molecule has 0 unspecified atom stereocenters. The molecule has 116 valence electrons. The Bertz CT molecular complexity index is 775. The van der Waals surface area contributed by atoms with Gasteiger partial charge in [-0.1, -0.05) is 6.08 Å². The Kier molecular flexibility index (Phi) is 5.07. The molecular formula is C15H13BrF2N2O2. The number of hydrogen-bond donors (Lipinski definition) is 0. The van der Waals surface area contributed by atoms with Gasteiger partial charge >= 0.3 is 0 Å². The van der Waals surface area contributed by atoms with E-state index in [2.05, 4.69) is 27.5 Å². The molecule has 0 saturated carbocycles. The van der Waals surface area contributed by atoms with Gasteiger partial charge in [0.1, 0.15) is 28.5 Å². The average molecular weight is 371 g/mol. The molecule has 0 spiro atoms. The maximum Gasteiger partial charge on any atom is 0.272 e. The van der Waals surface area contributed by atoms with Crippen LogP contribution in [0.5, 0.6) is 5.88 Å². The molecule has 4 nitrogen and oxygen atoms in total. The van der Waals surface area contributed by atoms with Crippen LogP contribution in [0, 0.1) is 18.6 Å². The molecule has 22 heavy (non-hydrogen) atoms. The predicted octanol–water partition coefficient (Wildman–Crippen LogP) is 3.36. The number of rotatable bonds is 5. The fourth-order valence-electron chi connectivity index (χ4n) is 1.84. The first-order chi connectivity index (χ1) is 10.4. The lowest BCUT2D eigenvalue weighted by molar-refractivity contribution is 0.282. The SMILES string of the molecule is C=CCn1c(C)nc(OCc2ccc(F)cc2F)c(Br)c1=O. The molecule has 0 radical (unpaired) electrons. The van der Waals surface area contributed by atoms with E-state index < -0.39 is 11.6 Å². The minimum Gasteiger partial charge on any atom is -0.472 e. The van der Waals surface area contributed by atoms with Gasteiger partial charge in [-0.2, -0.15) is 4.98 Å². The minimum atomic E-state index is -0.715. The maximum atomic E-state index is 13.5. The van der Waals surface area contributed by atoms with Crippen LogP contribution in [0.4, 0.5) is 8.78 Å². The molecule has 1 heterocycles. The number of halogens is 3. The zero-order valence-corrected chi connectivity index (χ0v) is 13.4. The first kappa shape index (κ1) is 16.4. The Hall–Kier alpha value is -2.02. The smallest absolute Gasteiger partial charge is 0.272 e. The van der Waals surface area contributed by atoms with E-state index in [0.717, 1.165) is 12.1 Å². The molecule has 0 aliphatic rings. The summed E-state index contributed by atoms with van der Waals surface area (Å²) in [5.41, 5.74) is -0.148. The van der Waals surface area contributed by atoms with Crippen molar-refractivity contribution in [2.45, 2.75) is 20.1 Å². The van der Waals surface area contributed by atoms with Crippen molar-refractivity contribution in [3.63, 3.8) is 0 Å². The molecule has 1 aromatic carbocycles. The molecular weight excluding hydrogens is 358 g/mol. The number of allylic oxidation sites excluding steroid dienone is 1. The molecule has 1 aromatic heterocycles. The second kappa shape index (κ2) is 6.83. The van der Waals surface area contributed by atoms with Gasteiger partial charge in [0.25, 0.3) is 5.56 Å². The van der Waals surface area contributed by atoms with Crippen molar-refractivity contribution in [3.05, 3.63) is 68.7 Å². The van der Waals surface area contributed by atoms with Gasteiger partial charge in [0.05, 0.1) is 0 Å². The number of nitrogens with zero attached hydrogens (tertiary/aromatic N) is 2. The van der Waals surface area contributed by atoms with Crippen LogP contribution in [-0.4, -0.2) is 9.55 Å². The highest BCUT2D eigenvalue weighted by Gasteiger charge is 2.14. The molecule has 0 fully saturated rings. The highest BCUT2D eigenvalue weighted by Crippen LogP contribution is 2.20. The van der Waals surface area contributed by atoms with Crippen LogP contribution < -0.4 is 10.3 Å². The van der Waals surface area contributed by atoms with E-state index in [1.54, 1.807) is 13.0 Å². The second-order valence-corrected chi connectivity index (χ2v) is 5.30. The van der Waals surface area contributed by atoms with Crippen molar-refractivity contribution in [2.24, 2.45) is 0 Å². The summed E-state index contributed by atoms with van der Waals surface area (Å²) in [5.74, 6) is -0.870. The van der Waals surface area contributed by atoms with E-state index in [-0.39, 0.29) is 28.1 Å². The van der Waals surface area contributed by atoms with Crippen LogP contribution in [-0.2, 0) is 13.2 Å². The second-order valence-electron chi connectivity index (χ2n) is 4.51. The number of aryl methyl sites for hydroxylation is 1. The van der Waals surface area contributed by atoms with Crippen LogP contribution in [0.15, 0.2) is 40.1 Å². The molecule has 7 heteroatoms. The number of hydrogen-bond acceptors (Lipinski definition) is 3. The third-order valence-electron chi connectivity index (χ3n) is 2.97. The number of ether oxygens (including phenoxy) is 1. The summed E-state index contributed by atoms with van der Waals surface area (Å²) in [4.78, 5) is 16.3. The van der Waals surface area contributed by atoms with E-state index in [1.165, 1.54) is 10.6 Å². The van der Waals surface area contributed by atoms with Gasteiger partial charge in [0.15, 0.2) is 0 Å². The van der Waals surface area contributed by atoms with E-state index in [0.29, 0.717) is 12.4 Å². The first-order valence-corrected chi connectivity index (χ1v) is 7.18. The highest BCUT2D eigenvalue weighted by atomic mass is 79.9. The third kappa shape index (κ3) is 3.41. The molecule has 0 atom stereocenters. The number of aromatic nitrogens is 2. The fourth-order valence-corrected chi connectivity index (χ4v) is 2.26. The van der Waals surface area contributed by atoms with Crippen molar-refractivity contribution >= 4 is 15.9 Å². The Balaban J connectivity index is 2.27. The van der Waals surface area contributed by atoms with Crippen LogP contribution >= 0.6 is 15.9 Å². The summed E-state index contributed by atoms with van der Waals surface area (Å²) in [7, 11) is 0. The zero-order chi connectivity index (χ0) is 16.3. The van der Waals surface area contributed by atoms with Gasteiger partial charge in [-0.05, 0) is 35.0 Å². The minimum absolute atomic E-state index is 0.0616. The van der Waals surface area contributed by atoms with Gasteiger partial charge in [-0.3, -0.25) is 9.36 Å². The highest BCUT2D eigenvalue weighted by molar-refractivity contribution is 9.10. The molecule has 0 bridgehead atoms. The Labute approximate surface area is 134 Å². The first-order valence-electron chi connectivity index (χ1n) is 6.38. The van der Waals surface area contributed by atoms with Gasteiger partial charge in [-0.15, -0.1) is 6.58 Å². The largest absolute Gasteiger partial charge is 0.472 e. The van der Waals surface area contributed by atoms with Gasteiger partial charge in [-0.25, -0.2) is 8.78 Å². The standard InChI is InChI=1S/C15H13BrF2N2O2/c1-3-6-20-9(2)19-14(13(16)15(20)21)22-8-10-4-5-11(17)7-12(10)18/h3-5,7H,1,6,8H2,2H3. The fraction of sp³-hybridized carbons (Fsp3) is 0.200.